The van der Waals surface area contributed by atoms with Gasteiger partial charge in [0, 0.05) is 31.0 Å². The molecule has 0 saturated carbocycles. The molecular weight excluding hydrogens is 448 g/mol. The lowest BCUT2D eigenvalue weighted by Crippen LogP contribution is -2.40. The maximum Gasteiger partial charge on any atom is 0.316 e. The number of sulfone groups is 1. The first-order valence-electron chi connectivity index (χ1n) is 10.00. The summed E-state index contributed by atoms with van der Waals surface area (Å²) in [6, 6.07) is 12.3. The molecule has 0 aliphatic heterocycles. The Balaban J connectivity index is 2.01. The molecule has 0 fully saturated rings. The van der Waals surface area contributed by atoms with Gasteiger partial charge < -0.3 is 4.74 Å². The molecule has 168 valence electrons. The van der Waals surface area contributed by atoms with Crippen LogP contribution in [0.1, 0.15) is 26.5 Å². The molecule has 0 aliphatic rings. The lowest BCUT2D eigenvalue weighted by molar-refractivity contribution is -0.732. The number of hydrogen-bond acceptors (Lipinski definition) is 5. The Bertz CT molecular complexity index is 1260. The smallest absolute Gasteiger partial charge is 0.316 e. The molecule has 0 spiro atoms. The fraction of sp³-hybridized carbons (Fsp3) is 0.292. The van der Waals surface area contributed by atoms with E-state index < -0.39 is 15.3 Å². The number of aromatic nitrogens is 2. The normalized spacial score (nSPS) is 11.9. The van der Waals surface area contributed by atoms with Crippen LogP contribution in [0.15, 0.2) is 59.8 Å². The fourth-order valence-corrected chi connectivity index (χ4v) is 3.80. The van der Waals surface area contributed by atoms with Gasteiger partial charge in [-0.3, -0.25) is 9.78 Å². The molecule has 2 aromatic heterocycles. The van der Waals surface area contributed by atoms with E-state index in [0.29, 0.717) is 10.7 Å². The van der Waals surface area contributed by atoms with Gasteiger partial charge in [0.05, 0.1) is 26.6 Å². The zero-order valence-corrected chi connectivity index (χ0v) is 20.3. The van der Waals surface area contributed by atoms with Crippen LogP contribution in [0.5, 0.6) is 0 Å². The van der Waals surface area contributed by atoms with Crippen molar-refractivity contribution in [3.63, 3.8) is 0 Å². The minimum Gasteiger partial charge on any atom is -0.404 e. The first-order chi connectivity index (χ1) is 14.9. The number of esters is 1. The van der Waals surface area contributed by atoms with Gasteiger partial charge >= 0.3 is 5.97 Å². The number of benzene rings is 1. The minimum absolute atomic E-state index is 0.0851. The predicted octanol–water partition coefficient (Wildman–Crippen LogP) is 4.62. The second kappa shape index (κ2) is 9.00. The van der Waals surface area contributed by atoms with Crippen molar-refractivity contribution in [3.05, 3.63) is 65.6 Å². The van der Waals surface area contributed by atoms with E-state index in [0.717, 1.165) is 22.4 Å². The van der Waals surface area contributed by atoms with E-state index in [1.165, 1.54) is 6.26 Å². The summed E-state index contributed by atoms with van der Waals surface area (Å²) in [6.07, 6.45) is 4.61. The number of hydrogen-bond donors (Lipinski definition) is 0. The van der Waals surface area contributed by atoms with Gasteiger partial charge in [-0.1, -0.05) is 23.7 Å². The largest absolute Gasteiger partial charge is 0.404 e. The zero-order valence-electron chi connectivity index (χ0n) is 18.7. The molecule has 32 heavy (non-hydrogen) atoms. The maximum atomic E-state index is 12.2. The predicted molar refractivity (Wildman–Crippen MR) is 124 cm³/mol. The highest BCUT2D eigenvalue weighted by atomic mass is 35.5. The molecule has 0 atom stereocenters. The quantitative estimate of drug-likeness (QED) is 0.399. The SMILES string of the molecule is Cc1ccc(-c2ncc(Cl)cc2-c2ccc(S(C)(=O)=O)cc2)c[n+]1COC(=O)C(C)(C)C. The van der Waals surface area contributed by atoms with Crippen LogP contribution in [0.2, 0.25) is 5.02 Å². The van der Waals surface area contributed by atoms with Crippen molar-refractivity contribution in [2.75, 3.05) is 6.26 Å². The van der Waals surface area contributed by atoms with Gasteiger partial charge in [0.1, 0.15) is 0 Å². The van der Waals surface area contributed by atoms with Crippen molar-refractivity contribution in [1.82, 2.24) is 4.98 Å². The number of carbonyl (C=O) groups excluding carboxylic acids is 1. The van der Waals surface area contributed by atoms with E-state index in [1.807, 2.05) is 50.6 Å². The van der Waals surface area contributed by atoms with E-state index in [2.05, 4.69) is 4.98 Å². The van der Waals surface area contributed by atoms with Gasteiger partial charge in [-0.05, 0) is 50.6 Å². The Hall–Kier alpha value is -2.77. The third-order valence-electron chi connectivity index (χ3n) is 4.92. The first-order valence-corrected chi connectivity index (χ1v) is 12.3. The average molecular weight is 474 g/mol. The second-order valence-corrected chi connectivity index (χ2v) is 11.1. The molecule has 2 heterocycles. The Kier molecular flexibility index (Phi) is 6.72. The number of nitrogens with zero attached hydrogens (tertiary/aromatic N) is 2. The first kappa shape index (κ1) is 23.9. The number of aryl methyl sites for hydroxylation is 1. The highest BCUT2D eigenvalue weighted by Crippen LogP contribution is 2.32. The molecule has 0 bridgehead atoms. The van der Waals surface area contributed by atoms with Crippen LogP contribution in [0.25, 0.3) is 22.4 Å². The van der Waals surface area contributed by atoms with Gasteiger partial charge in [-0.2, -0.15) is 4.57 Å². The van der Waals surface area contributed by atoms with Crippen LogP contribution in [0, 0.1) is 12.3 Å². The molecular formula is C24H26ClN2O4S+. The topological polar surface area (TPSA) is 77.2 Å². The van der Waals surface area contributed by atoms with Crippen LogP contribution in [-0.4, -0.2) is 25.6 Å². The summed E-state index contributed by atoms with van der Waals surface area (Å²) in [7, 11) is -3.29. The third-order valence-corrected chi connectivity index (χ3v) is 6.26. The summed E-state index contributed by atoms with van der Waals surface area (Å²) in [6.45, 7) is 7.43. The number of carbonyl (C=O) groups is 1. The Labute approximate surface area is 193 Å². The minimum atomic E-state index is -3.29. The summed E-state index contributed by atoms with van der Waals surface area (Å²) in [5, 5.41) is 0.468. The lowest BCUT2D eigenvalue weighted by Gasteiger charge is -2.15. The standard InChI is InChI=1S/C24H26ClN2O4S/c1-16-6-7-18(14-27(16)15-31-23(28)24(2,3)4)22-21(12-19(25)13-26-22)17-8-10-20(11-9-17)32(5,29)30/h6-14H,15H2,1-5H3/q+1. The molecule has 0 N–H and O–H groups in total. The molecule has 3 aromatic rings. The summed E-state index contributed by atoms with van der Waals surface area (Å²) in [5.74, 6) is -0.286. The van der Waals surface area contributed by atoms with E-state index in [1.54, 1.807) is 36.5 Å². The molecule has 3 rings (SSSR count). The molecule has 0 radical (unpaired) electrons. The van der Waals surface area contributed by atoms with Crippen molar-refractivity contribution in [2.24, 2.45) is 5.41 Å². The van der Waals surface area contributed by atoms with E-state index in [-0.39, 0.29) is 17.6 Å². The molecule has 8 heteroatoms. The summed E-state index contributed by atoms with van der Waals surface area (Å²) < 4.78 is 30.9. The fourth-order valence-electron chi connectivity index (χ4n) is 3.01. The highest BCUT2D eigenvalue weighted by Gasteiger charge is 2.25. The van der Waals surface area contributed by atoms with Crippen molar-refractivity contribution >= 4 is 27.4 Å². The van der Waals surface area contributed by atoms with Crippen LogP contribution < -0.4 is 4.57 Å². The maximum absolute atomic E-state index is 12.2. The van der Waals surface area contributed by atoms with Crippen LogP contribution in [0.3, 0.4) is 0 Å². The van der Waals surface area contributed by atoms with Gasteiger partial charge in [-0.15, -0.1) is 0 Å². The van der Waals surface area contributed by atoms with Crippen molar-refractivity contribution in [3.8, 4) is 22.4 Å². The lowest BCUT2D eigenvalue weighted by atomic mass is 9.97. The van der Waals surface area contributed by atoms with Crippen molar-refractivity contribution in [1.29, 1.82) is 0 Å². The van der Waals surface area contributed by atoms with Crippen molar-refractivity contribution < 1.29 is 22.5 Å². The molecule has 0 amide bonds. The van der Waals surface area contributed by atoms with Crippen LogP contribution >= 0.6 is 11.6 Å². The van der Waals surface area contributed by atoms with E-state index in [9.17, 15) is 13.2 Å². The third kappa shape index (κ3) is 5.53. The molecule has 6 nitrogen and oxygen atoms in total. The molecule has 0 saturated heterocycles. The zero-order chi connectivity index (χ0) is 23.7. The summed E-state index contributed by atoms with van der Waals surface area (Å²) in [5.41, 5.74) is 3.37. The van der Waals surface area contributed by atoms with Crippen molar-refractivity contribution in [2.45, 2.75) is 39.3 Å². The molecule has 0 aliphatic carbocycles. The number of rotatable bonds is 5. The molecule has 1 aromatic carbocycles. The monoisotopic (exact) mass is 473 g/mol. The highest BCUT2D eigenvalue weighted by molar-refractivity contribution is 7.90. The number of ether oxygens (including phenoxy) is 1. The van der Waals surface area contributed by atoms with Gasteiger partial charge in [-0.25, -0.2) is 8.42 Å². The summed E-state index contributed by atoms with van der Waals surface area (Å²) >= 11 is 6.22. The second-order valence-electron chi connectivity index (χ2n) is 8.69. The Morgan fingerprint density at radius 2 is 1.72 bits per heavy atom. The van der Waals surface area contributed by atoms with Gasteiger partial charge in [0.25, 0.3) is 6.73 Å². The van der Waals surface area contributed by atoms with E-state index >= 15 is 0 Å². The number of pyridine rings is 2. The van der Waals surface area contributed by atoms with E-state index in [4.69, 9.17) is 16.3 Å². The summed E-state index contributed by atoms with van der Waals surface area (Å²) in [4.78, 5) is 16.9. The van der Waals surface area contributed by atoms with Crippen LogP contribution in [-0.2, 0) is 26.1 Å². The number of halogens is 1. The Morgan fingerprint density at radius 1 is 1.09 bits per heavy atom. The van der Waals surface area contributed by atoms with Gasteiger partial charge in [0.2, 0.25) is 0 Å². The average Bonchev–Trinajstić information content (AvgIpc) is 2.72. The molecule has 0 unspecified atom stereocenters. The Morgan fingerprint density at radius 3 is 2.31 bits per heavy atom. The van der Waals surface area contributed by atoms with Crippen LogP contribution in [0.4, 0.5) is 0 Å². The van der Waals surface area contributed by atoms with Gasteiger partial charge in [0.15, 0.2) is 21.7 Å².